The number of rotatable bonds is 1. The summed E-state index contributed by atoms with van der Waals surface area (Å²) < 4.78 is 0. The molecule has 2 nitrogen and oxygen atoms in total. The van der Waals surface area contributed by atoms with Crippen molar-refractivity contribution in [1.29, 1.82) is 0 Å². The Labute approximate surface area is 73.4 Å². The monoisotopic (exact) mass is 164 g/mol. The Morgan fingerprint density at radius 3 is 3.08 bits per heavy atom. The molecule has 0 radical (unpaired) electrons. The van der Waals surface area contributed by atoms with Gasteiger partial charge in [0.05, 0.1) is 0 Å². The van der Waals surface area contributed by atoms with Gasteiger partial charge in [-0.3, -0.25) is 0 Å². The zero-order chi connectivity index (χ0) is 8.55. The molecule has 1 aliphatic carbocycles. The van der Waals surface area contributed by atoms with E-state index in [1.54, 1.807) is 0 Å². The van der Waals surface area contributed by atoms with Crippen LogP contribution in [0, 0.1) is 5.92 Å². The molecule has 1 aliphatic rings. The molecule has 1 aromatic heterocycles. The van der Waals surface area contributed by atoms with Gasteiger partial charge in [0.15, 0.2) is 0 Å². The van der Waals surface area contributed by atoms with E-state index in [0.29, 0.717) is 6.04 Å². The zero-order valence-corrected chi connectivity index (χ0v) is 7.72. The molecule has 0 aliphatic heterocycles. The number of fused-ring (bicyclic) bond motifs is 1. The van der Waals surface area contributed by atoms with Crippen LogP contribution in [0.1, 0.15) is 30.5 Å². The Balaban J connectivity index is 2.34. The van der Waals surface area contributed by atoms with E-state index in [0.717, 1.165) is 5.92 Å². The van der Waals surface area contributed by atoms with Crippen LogP contribution in [0.25, 0.3) is 0 Å². The lowest BCUT2D eigenvalue weighted by Gasteiger charge is -2.28. The number of hydrogen-bond donors (Lipinski definition) is 2. The molecule has 2 N–H and O–H groups in total. The van der Waals surface area contributed by atoms with Crippen LogP contribution in [0.5, 0.6) is 0 Å². The molecular formula is C10H16N2. The molecule has 0 amide bonds. The van der Waals surface area contributed by atoms with Crippen molar-refractivity contribution in [2.24, 2.45) is 5.92 Å². The third-order valence-corrected chi connectivity index (χ3v) is 2.95. The Morgan fingerprint density at radius 2 is 2.33 bits per heavy atom. The highest BCUT2D eigenvalue weighted by atomic mass is 14.9. The highest BCUT2D eigenvalue weighted by Gasteiger charge is 2.25. The van der Waals surface area contributed by atoms with Gasteiger partial charge in [0.2, 0.25) is 0 Å². The fourth-order valence-corrected chi connectivity index (χ4v) is 2.21. The average molecular weight is 164 g/mol. The van der Waals surface area contributed by atoms with Gasteiger partial charge in [0.25, 0.3) is 0 Å². The second-order valence-electron chi connectivity index (χ2n) is 3.72. The molecule has 0 saturated heterocycles. The molecular weight excluding hydrogens is 148 g/mol. The molecule has 12 heavy (non-hydrogen) atoms. The minimum absolute atomic E-state index is 0.556. The molecule has 0 bridgehead atoms. The largest absolute Gasteiger partial charge is 0.367 e. The van der Waals surface area contributed by atoms with E-state index in [9.17, 15) is 0 Å². The second-order valence-corrected chi connectivity index (χ2v) is 3.72. The van der Waals surface area contributed by atoms with E-state index >= 15 is 0 Å². The van der Waals surface area contributed by atoms with Gasteiger partial charge >= 0.3 is 0 Å². The Bertz CT molecular complexity index is 265. The maximum absolute atomic E-state index is 3.38. The summed E-state index contributed by atoms with van der Waals surface area (Å²) in [5, 5.41) is 3.38. The summed E-state index contributed by atoms with van der Waals surface area (Å²) in [6, 6.07) is 0.556. The first-order chi connectivity index (χ1) is 5.83. The van der Waals surface area contributed by atoms with Crippen molar-refractivity contribution in [3.63, 3.8) is 0 Å². The van der Waals surface area contributed by atoms with Gasteiger partial charge in [-0.15, -0.1) is 0 Å². The molecule has 0 saturated carbocycles. The molecule has 0 spiro atoms. The maximum Gasteiger partial charge on any atom is 0.0361 e. The van der Waals surface area contributed by atoms with Crippen LogP contribution in [-0.4, -0.2) is 12.0 Å². The third kappa shape index (κ3) is 1.07. The first-order valence-corrected chi connectivity index (χ1v) is 4.65. The summed E-state index contributed by atoms with van der Waals surface area (Å²) in [4.78, 5) is 3.19. The Hall–Kier alpha value is -0.760. The molecule has 0 fully saturated rings. The molecule has 2 unspecified atom stereocenters. The highest BCUT2D eigenvalue weighted by Crippen LogP contribution is 2.33. The van der Waals surface area contributed by atoms with Crippen molar-refractivity contribution in [2.75, 3.05) is 7.05 Å². The SMILES string of the molecule is CNC1c2c[nH]cc2CCC1C. The van der Waals surface area contributed by atoms with E-state index < -0.39 is 0 Å². The van der Waals surface area contributed by atoms with Gasteiger partial charge in [-0.05, 0) is 36.9 Å². The van der Waals surface area contributed by atoms with Crippen molar-refractivity contribution >= 4 is 0 Å². The smallest absolute Gasteiger partial charge is 0.0361 e. The predicted molar refractivity (Wildman–Crippen MR) is 50.1 cm³/mol. The van der Waals surface area contributed by atoms with Crippen molar-refractivity contribution in [2.45, 2.75) is 25.8 Å². The molecule has 2 atom stereocenters. The number of nitrogens with one attached hydrogen (secondary N) is 2. The number of aromatic amines is 1. The number of H-pyrrole nitrogens is 1. The molecule has 66 valence electrons. The molecule has 1 heterocycles. The van der Waals surface area contributed by atoms with Crippen LogP contribution in [0.4, 0.5) is 0 Å². The topological polar surface area (TPSA) is 27.8 Å². The minimum Gasteiger partial charge on any atom is -0.367 e. The average Bonchev–Trinajstić information content (AvgIpc) is 2.52. The van der Waals surface area contributed by atoms with Crippen molar-refractivity contribution in [3.8, 4) is 0 Å². The van der Waals surface area contributed by atoms with Gasteiger partial charge in [-0.25, -0.2) is 0 Å². The van der Waals surface area contributed by atoms with Gasteiger partial charge in [0.1, 0.15) is 0 Å². The molecule has 2 heteroatoms. The third-order valence-electron chi connectivity index (χ3n) is 2.95. The van der Waals surface area contributed by atoms with Gasteiger partial charge in [-0.2, -0.15) is 0 Å². The van der Waals surface area contributed by atoms with Crippen LogP contribution in [0.3, 0.4) is 0 Å². The van der Waals surface area contributed by atoms with Crippen LogP contribution in [0.2, 0.25) is 0 Å². The standard InChI is InChI=1S/C10H16N2/c1-7-3-4-8-5-12-6-9(8)10(7)11-2/h5-7,10-12H,3-4H2,1-2H3. The summed E-state index contributed by atoms with van der Waals surface area (Å²) in [6.07, 6.45) is 6.80. The number of aryl methyl sites for hydroxylation is 1. The quantitative estimate of drug-likeness (QED) is 0.651. The minimum atomic E-state index is 0.556. The molecule has 0 aromatic carbocycles. The fourth-order valence-electron chi connectivity index (χ4n) is 2.21. The summed E-state index contributed by atoms with van der Waals surface area (Å²) in [5.41, 5.74) is 2.96. The number of aromatic nitrogens is 1. The summed E-state index contributed by atoms with van der Waals surface area (Å²) in [6.45, 7) is 2.32. The Morgan fingerprint density at radius 1 is 1.50 bits per heavy atom. The van der Waals surface area contributed by atoms with E-state index in [-0.39, 0.29) is 0 Å². The van der Waals surface area contributed by atoms with Crippen LogP contribution in [0.15, 0.2) is 12.4 Å². The van der Waals surface area contributed by atoms with Gasteiger partial charge in [-0.1, -0.05) is 6.92 Å². The van der Waals surface area contributed by atoms with Crippen LogP contribution < -0.4 is 5.32 Å². The summed E-state index contributed by atoms with van der Waals surface area (Å²) in [5.74, 6) is 0.762. The maximum atomic E-state index is 3.38. The van der Waals surface area contributed by atoms with Gasteiger partial charge in [0, 0.05) is 18.4 Å². The van der Waals surface area contributed by atoms with Crippen LogP contribution >= 0.6 is 0 Å². The molecule has 1 aromatic rings. The summed E-state index contributed by atoms with van der Waals surface area (Å²) in [7, 11) is 2.04. The molecule has 2 rings (SSSR count). The lowest BCUT2D eigenvalue weighted by atomic mass is 9.83. The fraction of sp³-hybridized carbons (Fsp3) is 0.600. The van der Waals surface area contributed by atoms with Crippen LogP contribution in [-0.2, 0) is 6.42 Å². The first-order valence-electron chi connectivity index (χ1n) is 4.65. The zero-order valence-electron chi connectivity index (χ0n) is 7.72. The normalized spacial score (nSPS) is 28.5. The summed E-state index contributed by atoms with van der Waals surface area (Å²) >= 11 is 0. The predicted octanol–water partition coefficient (Wildman–Crippen LogP) is 1.86. The second kappa shape index (κ2) is 2.94. The number of hydrogen-bond acceptors (Lipinski definition) is 1. The highest BCUT2D eigenvalue weighted by molar-refractivity contribution is 5.29. The lowest BCUT2D eigenvalue weighted by molar-refractivity contribution is 0.365. The van der Waals surface area contributed by atoms with E-state index in [1.807, 2.05) is 7.05 Å². The van der Waals surface area contributed by atoms with Gasteiger partial charge < -0.3 is 10.3 Å². The van der Waals surface area contributed by atoms with Crippen molar-refractivity contribution in [1.82, 2.24) is 10.3 Å². The first kappa shape index (κ1) is 7.87. The lowest BCUT2D eigenvalue weighted by Crippen LogP contribution is -2.27. The van der Waals surface area contributed by atoms with E-state index in [4.69, 9.17) is 0 Å². The van der Waals surface area contributed by atoms with Crippen molar-refractivity contribution < 1.29 is 0 Å². The Kier molecular flexibility index (Phi) is 1.93. The van der Waals surface area contributed by atoms with Crippen molar-refractivity contribution in [3.05, 3.63) is 23.5 Å². The van der Waals surface area contributed by atoms with E-state index in [1.165, 1.54) is 24.0 Å². The van der Waals surface area contributed by atoms with E-state index in [2.05, 4.69) is 29.6 Å².